The number of sulfone groups is 1. The van der Waals surface area contributed by atoms with Gasteiger partial charge in [0.25, 0.3) is 5.91 Å². The third-order valence-corrected chi connectivity index (χ3v) is 6.26. The first kappa shape index (κ1) is 15.3. The topological polar surface area (TPSA) is 63.7 Å². The molecular formula is C13H13BrClNO4S. The zero-order valence-corrected chi connectivity index (χ0v) is 14.1. The number of morpholine rings is 1. The summed E-state index contributed by atoms with van der Waals surface area (Å²) in [5, 5.41) is 0.354. The molecule has 1 aromatic rings. The summed E-state index contributed by atoms with van der Waals surface area (Å²) in [7, 11) is -3.16. The van der Waals surface area contributed by atoms with Gasteiger partial charge in [0.2, 0.25) is 0 Å². The second kappa shape index (κ2) is 5.53. The van der Waals surface area contributed by atoms with Gasteiger partial charge in [-0.25, -0.2) is 8.42 Å². The van der Waals surface area contributed by atoms with Crippen LogP contribution in [-0.4, -0.2) is 56.0 Å². The molecule has 3 rings (SSSR count). The van der Waals surface area contributed by atoms with Crippen molar-refractivity contribution in [2.75, 3.05) is 24.7 Å². The van der Waals surface area contributed by atoms with Crippen molar-refractivity contribution < 1.29 is 17.9 Å². The summed E-state index contributed by atoms with van der Waals surface area (Å²) in [6.07, 6.45) is -0.432. The molecule has 2 saturated heterocycles. The fraction of sp³-hybridized carbons (Fsp3) is 0.462. The largest absolute Gasteiger partial charge is 0.373 e. The van der Waals surface area contributed by atoms with Crippen LogP contribution >= 0.6 is 27.5 Å². The van der Waals surface area contributed by atoms with Crippen molar-refractivity contribution in [1.82, 2.24) is 4.90 Å². The molecular weight excluding hydrogens is 382 g/mol. The van der Waals surface area contributed by atoms with Gasteiger partial charge in [-0.05, 0) is 18.2 Å². The molecule has 21 heavy (non-hydrogen) atoms. The lowest BCUT2D eigenvalue weighted by Gasteiger charge is -2.36. The number of rotatable bonds is 1. The van der Waals surface area contributed by atoms with Crippen LogP contribution in [-0.2, 0) is 14.6 Å². The van der Waals surface area contributed by atoms with Crippen LogP contribution in [0.3, 0.4) is 0 Å². The lowest BCUT2D eigenvalue weighted by molar-refractivity contribution is -0.0361. The predicted octanol–water partition coefficient (Wildman–Crippen LogP) is 1.74. The summed E-state index contributed by atoms with van der Waals surface area (Å²) in [6, 6.07) is 4.62. The van der Waals surface area contributed by atoms with Crippen molar-refractivity contribution in [2.24, 2.45) is 0 Å². The quantitative estimate of drug-likeness (QED) is 0.728. The number of ether oxygens (including phenoxy) is 1. The van der Waals surface area contributed by atoms with Crippen LogP contribution in [0.4, 0.5) is 0 Å². The average molecular weight is 395 g/mol. The van der Waals surface area contributed by atoms with Gasteiger partial charge in [-0.2, -0.15) is 0 Å². The maximum absolute atomic E-state index is 12.7. The molecule has 0 saturated carbocycles. The molecule has 0 radical (unpaired) electrons. The first-order valence-electron chi connectivity index (χ1n) is 6.45. The highest BCUT2D eigenvalue weighted by atomic mass is 79.9. The average Bonchev–Trinajstić information content (AvgIpc) is 2.74. The molecule has 8 heteroatoms. The van der Waals surface area contributed by atoms with E-state index in [1.807, 2.05) is 0 Å². The Balaban J connectivity index is 1.92. The van der Waals surface area contributed by atoms with Crippen molar-refractivity contribution >= 4 is 43.3 Å². The number of hydrogen-bond donors (Lipinski definition) is 0. The van der Waals surface area contributed by atoms with Gasteiger partial charge in [-0.15, -0.1) is 0 Å². The zero-order valence-electron chi connectivity index (χ0n) is 11.0. The zero-order chi connectivity index (χ0) is 15.2. The Kier molecular flexibility index (Phi) is 4.02. The van der Waals surface area contributed by atoms with E-state index in [4.69, 9.17) is 16.3 Å². The van der Waals surface area contributed by atoms with Crippen LogP contribution in [0.1, 0.15) is 10.4 Å². The second-order valence-corrected chi connectivity index (χ2v) is 8.65. The van der Waals surface area contributed by atoms with E-state index in [0.717, 1.165) is 4.47 Å². The first-order valence-corrected chi connectivity index (χ1v) is 9.45. The van der Waals surface area contributed by atoms with E-state index in [-0.39, 0.29) is 17.4 Å². The van der Waals surface area contributed by atoms with Crippen molar-refractivity contribution in [3.05, 3.63) is 33.3 Å². The van der Waals surface area contributed by atoms with Gasteiger partial charge in [-0.1, -0.05) is 27.5 Å². The molecule has 0 aliphatic carbocycles. The Morgan fingerprint density at radius 3 is 2.90 bits per heavy atom. The van der Waals surface area contributed by atoms with Crippen LogP contribution in [0.25, 0.3) is 0 Å². The van der Waals surface area contributed by atoms with E-state index in [9.17, 15) is 13.2 Å². The van der Waals surface area contributed by atoms with E-state index in [1.54, 1.807) is 23.1 Å². The third-order valence-electron chi connectivity index (χ3n) is 3.76. The molecule has 0 N–H and O–H groups in total. The van der Waals surface area contributed by atoms with Crippen LogP contribution in [0, 0.1) is 0 Å². The lowest BCUT2D eigenvalue weighted by Crippen LogP contribution is -2.53. The lowest BCUT2D eigenvalue weighted by atomic mass is 10.1. The molecule has 2 aliphatic rings. The number of nitrogens with zero attached hydrogens (tertiary/aromatic N) is 1. The van der Waals surface area contributed by atoms with Crippen molar-refractivity contribution in [3.8, 4) is 0 Å². The number of carbonyl (C=O) groups is 1. The van der Waals surface area contributed by atoms with Gasteiger partial charge in [0.15, 0.2) is 9.84 Å². The molecule has 0 spiro atoms. The molecule has 2 unspecified atom stereocenters. The normalized spacial score (nSPS) is 27.4. The number of fused-ring (bicyclic) bond motifs is 1. The van der Waals surface area contributed by atoms with E-state index >= 15 is 0 Å². The highest BCUT2D eigenvalue weighted by Gasteiger charge is 2.45. The monoisotopic (exact) mass is 393 g/mol. The van der Waals surface area contributed by atoms with Crippen LogP contribution in [0.5, 0.6) is 0 Å². The minimum absolute atomic E-state index is 0.0202. The first-order chi connectivity index (χ1) is 9.87. The number of carbonyl (C=O) groups excluding carboxylic acids is 1. The van der Waals surface area contributed by atoms with Gasteiger partial charge in [0, 0.05) is 11.0 Å². The number of hydrogen-bond acceptors (Lipinski definition) is 4. The standard InChI is InChI=1S/C13H13BrClNO4S/c14-8-1-2-10(15)9(5-8)13(17)16-3-4-20-12-7-21(18,19)6-11(12)16/h1-2,5,11-12H,3-4,6-7H2. The van der Waals surface area contributed by atoms with E-state index in [2.05, 4.69) is 15.9 Å². The SMILES string of the molecule is O=C(c1cc(Br)ccc1Cl)N1CCOC2CS(=O)(=O)CC21. The summed E-state index contributed by atoms with van der Waals surface area (Å²) in [4.78, 5) is 14.3. The Hall–Kier alpha value is -0.630. The smallest absolute Gasteiger partial charge is 0.255 e. The van der Waals surface area contributed by atoms with Crippen molar-refractivity contribution in [3.63, 3.8) is 0 Å². The fourth-order valence-electron chi connectivity index (χ4n) is 2.78. The Morgan fingerprint density at radius 1 is 1.38 bits per heavy atom. The molecule has 1 aromatic carbocycles. The molecule has 0 bridgehead atoms. The highest BCUT2D eigenvalue weighted by molar-refractivity contribution is 9.10. The highest BCUT2D eigenvalue weighted by Crippen LogP contribution is 2.28. The van der Waals surface area contributed by atoms with E-state index in [1.165, 1.54) is 0 Å². The predicted molar refractivity (Wildman–Crippen MR) is 82.4 cm³/mol. The summed E-state index contributed by atoms with van der Waals surface area (Å²) in [5.41, 5.74) is 0.371. The van der Waals surface area contributed by atoms with Crippen molar-refractivity contribution in [2.45, 2.75) is 12.1 Å². The third kappa shape index (κ3) is 2.97. The Bertz CT molecular complexity index is 693. The molecule has 2 atom stereocenters. The summed E-state index contributed by atoms with van der Waals surface area (Å²) in [6.45, 7) is 0.715. The molecule has 0 aromatic heterocycles. The van der Waals surface area contributed by atoms with Gasteiger partial charge < -0.3 is 9.64 Å². The minimum atomic E-state index is -3.16. The number of benzene rings is 1. The van der Waals surface area contributed by atoms with E-state index in [0.29, 0.717) is 23.7 Å². The van der Waals surface area contributed by atoms with Crippen LogP contribution < -0.4 is 0 Å². The number of amides is 1. The molecule has 5 nitrogen and oxygen atoms in total. The summed E-state index contributed by atoms with van der Waals surface area (Å²) >= 11 is 9.40. The van der Waals surface area contributed by atoms with Gasteiger partial charge in [0.1, 0.15) is 0 Å². The minimum Gasteiger partial charge on any atom is -0.373 e. The van der Waals surface area contributed by atoms with Crippen LogP contribution in [0.2, 0.25) is 5.02 Å². The fourth-order valence-corrected chi connectivity index (χ4v) is 5.21. The van der Waals surface area contributed by atoms with E-state index < -0.39 is 22.0 Å². The van der Waals surface area contributed by atoms with Crippen LogP contribution in [0.15, 0.2) is 22.7 Å². The summed E-state index contributed by atoms with van der Waals surface area (Å²) in [5.74, 6) is -0.320. The van der Waals surface area contributed by atoms with Gasteiger partial charge >= 0.3 is 0 Å². The molecule has 114 valence electrons. The van der Waals surface area contributed by atoms with Gasteiger partial charge in [-0.3, -0.25) is 4.79 Å². The Morgan fingerprint density at radius 2 is 2.14 bits per heavy atom. The maximum Gasteiger partial charge on any atom is 0.255 e. The maximum atomic E-state index is 12.7. The number of halogens is 2. The molecule has 1 amide bonds. The summed E-state index contributed by atoms with van der Waals surface area (Å²) < 4.78 is 29.8. The molecule has 2 aliphatic heterocycles. The van der Waals surface area contributed by atoms with Crippen molar-refractivity contribution in [1.29, 1.82) is 0 Å². The Labute approximate surface area is 136 Å². The second-order valence-electron chi connectivity index (χ2n) is 5.18. The van der Waals surface area contributed by atoms with Gasteiger partial charge in [0.05, 0.1) is 40.8 Å². The molecule has 2 heterocycles. The molecule has 2 fully saturated rings.